The highest BCUT2D eigenvalue weighted by Gasteiger charge is 2.25. The van der Waals surface area contributed by atoms with Crippen LogP contribution in [0.1, 0.15) is 26.4 Å². The Labute approximate surface area is 92.7 Å². The zero-order chi connectivity index (χ0) is 12.3. The molecule has 1 rings (SSSR count). The summed E-state index contributed by atoms with van der Waals surface area (Å²) >= 11 is 0. The van der Waals surface area contributed by atoms with Crippen LogP contribution in [0, 0.1) is 6.92 Å². The van der Waals surface area contributed by atoms with E-state index in [2.05, 4.69) is 9.47 Å². The van der Waals surface area contributed by atoms with Crippen molar-refractivity contribution in [2.75, 3.05) is 21.3 Å². The summed E-state index contributed by atoms with van der Waals surface area (Å²) in [5.74, 6) is -1.21. The monoisotopic (exact) mass is 227 g/mol. The van der Waals surface area contributed by atoms with Gasteiger partial charge in [-0.25, -0.2) is 9.59 Å². The number of hydrogen-bond acceptors (Lipinski definition) is 5. The Hall–Kier alpha value is -1.98. The van der Waals surface area contributed by atoms with Crippen molar-refractivity contribution in [3.63, 3.8) is 0 Å². The maximum atomic E-state index is 11.5. The molecule has 0 radical (unpaired) electrons. The van der Waals surface area contributed by atoms with Gasteiger partial charge in [0.05, 0.1) is 37.2 Å². The third-order valence-electron chi connectivity index (χ3n) is 2.20. The Morgan fingerprint density at radius 2 is 1.69 bits per heavy atom. The van der Waals surface area contributed by atoms with E-state index in [-0.39, 0.29) is 11.1 Å². The Morgan fingerprint density at radius 3 is 2.12 bits per heavy atom. The van der Waals surface area contributed by atoms with Gasteiger partial charge in [-0.3, -0.25) is 0 Å². The molecule has 0 N–H and O–H groups in total. The van der Waals surface area contributed by atoms with Crippen LogP contribution in [0.5, 0.6) is 0 Å². The standard InChI is InChI=1S/C10H13NO5/c1-6-8(10(13)15-3)7(9(12)14-2)5-11(6)16-4/h5H,1-4H3. The number of rotatable bonds is 3. The first-order valence-electron chi connectivity index (χ1n) is 4.49. The van der Waals surface area contributed by atoms with Crippen LogP contribution in [0.3, 0.4) is 0 Å². The van der Waals surface area contributed by atoms with Gasteiger partial charge < -0.3 is 14.3 Å². The Bertz CT molecular complexity index is 421. The second-order valence-electron chi connectivity index (χ2n) is 2.99. The first kappa shape index (κ1) is 12.1. The number of carbonyl (C=O) groups excluding carboxylic acids is 2. The quantitative estimate of drug-likeness (QED) is 0.700. The smallest absolute Gasteiger partial charge is 0.340 e. The van der Waals surface area contributed by atoms with Crippen LogP contribution in [0.25, 0.3) is 0 Å². The van der Waals surface area contributed by atoms with Gasteiger partial charge in [0.15, 0.2) is 0 Å². The van der Waals surface area contributed by atoms with Crippen molar-refractivity contribution in [1.29, 1.82) is 0 Å². The minimum atomic E-state index is -0.612. The second-order valence-corrected chi connectivity index (χ2v) is 2.99. The largest absolute Gasteiger partial charge is 0.465 e. The lowest BCUT2D eigenvalue weighted by Crippen LogP contribution is -2.11. The average molecular weight is 227 g/mol. The summed E-state index contributed by atoms with van der Waals surface area (Å²) in [6, 6.07) is 0. The van der Waals surface area contributed by atoms with Gasteiger partial charge in [0.25, 0.3) is 0 Å². The van der Waals surface area contributed by atoms with E-state index >= 15 is 0 Å². The molecular weight excluding hydrogens is 214 g/mol. The van der Waals surface area contributed by atoms with E-state index in [9.17, 15) is 9.59 Å². The van der Waals surface area contributed by atoms with E-state index < -0.39 is 11.9 Å². The molecule has 0 bridgehead atoms. The van der Waals surface area contributed by atoms with Gasteiger partial charge in [-0.1, -0.05) is 0 Å². The molecule has 0 fully saturated rings. The maximum absolute atomic E-state index is 11.5. The van der Waals surface area contributed by atoms with Crippen LogP contribution >= 0.6 is 0 Å². The molecule has 0 aromatic carbocycles. The summed E-state index contributed by atoms with van der Waals surface area (Å²) in [6.07, 6.45) is 1.38. The SMILES string of the molecule is COC(=O)c1cn(OC)c(C)c1C(=O)OC. The molecular formula is C10H13NO5. The van der Waals surface area contributed by atoms with Crippen molar-refractivity contribution in [2.24, 2.45) is 0 Å². The molecule has 0 aliphatic rings. The van der Waals surface area contributed by atoms with Crippen molar-refractivity contribution in [3.8, 4) is 0 Å². The van der Waals surface area contributed by atoms with Crippen molar-refractivity contribution in [3.05, 3.63) is 23.0 Å². The number of ether oxygens (including phenoxy) is 2. The van der Waals surface area contributed by atoms with E-state index in [0.717, 1.165) is 0 Å². The van der Waals surface area contributed by atoms with E-state index in [1.807, 2.05) is 0 Å². The first-order valence-corrected chi connectivity index (χ1v) is 4.49. The summed E-state index contributed by atoms with van der Waals surface area (Å²) in [5, 5.41) is 0. The highest BCUT2D eigenvalue weighted by Crippen LogP contribution is 2.18. The summed E-state index contributed by atoms with van der Waals surface area (Å²) in [6.45, 7) is 1.64. The first-order chi connectivity index (χ1) is 7.56. The van der Waals surface area contributed by atoms with Gasteiger partial charge in [-0.2, -0.15) is 4.73 Å². The van der Waals surface area contributed by atoms with Crippen LogP contribution in [-0.2, 0) is 9.47 Å². The molecule has 0 saturated heterocycles. The molecule has 16 heavy (non-hydrogen) atoms. The summed E-state index contributed by atoms with van der Waals surface area (Å²) in [7, 11) is 3.91. The van der Waals surface area contributed by atoms with Gasteiger partial charge in [-0.05, 0) is 6.92 Å². The zero-order valence-electron chi connectivity index (χ0n) is 9.57. The molecule has 0 unspecified atom stereocenters. The van der Waals surface area contributed by atoms with Gasteiger partial charge in [0, 0.05) is 0 Å². The molecule has 0 aliphatic heterocycles. The molecule has 1 heterocycles. The van der Waals surface area contributed by atoms with E-state index in [1.165, 1.54) is 32.3 Å². The Morgan fingerprint density at radius 1 is 1.12 bits per heavy atom. The number of aromatic nitrogens is 1. The summed E-state index contributed by atoms with van der Waals surface area (Å²) in [4.78, 5) is 27.9. The average Bonchev–Trinajstić information content (AvgIpc) is 2.64. The molecule has 88 valence electrons. The van der Waals surface area contributed by atoms with Crippen molar-refractivity contribution < 1.29 is 23.9 Å². The summed E-state index contributed by atoms with van der Waals surface area (Å²) in [5.41, 5.74) is 0.750. The van der Waals surface area contributed by atoms with E-state index in [4.69, 9.17) is 4.84 Å². The van der Waals surface area contributed by atoms with E-state index in [0.29, 0.717) is 5.69 Å². The fourth-order valence-electron chi connectivity index (χ4n) is 1.40. The fraction of sp³-hybridized carbons (Fsp3) is 0.400. The van der Waals surface area contributed by atoms with Gasteiger partial charge >= 0.3 is 11.9 Å². The van der Waals surface area contributed by atoms with Crippen molar-refractivity contribution >= 4 is 11.9 Å². The third-order valence-corrected chi connectivity index (χ3v) is 2.20. The third kappa shape index (κ3) is 1.86. The molecule has 6 nitrogen and oxygen atoms in total. The minimum absolute atomic E-state index is 0.119. The molecule has 6 heteroatoms. The predicted octanol–water partition coefficient (Wildman–Crippen LogP) is 0.428. The molecule has 1 aromatic heterocycles. The van der Waals surface area contributed by atoms with E-state index in [1.54, 1.807) is 6.92 Å². The maximum Gasteiger partial charge on any atom is 0.340 e. The Balaban J connectivity index is 3.36. The van der Waals surface area contributed by atoms with Crippen LogP contribution in [0.4, 0.5) is 0 Å². The fourth-order valence-corrected chi connectivity index (χ4v) is 1.40. The minimum Gasteiger partial charge on any atom is -0.465 e. The van der Waals surface area contributed by atoms with Crippen molar-refractivity contribution in [1.82, 2.24) is 4.73 Å². The second kappa shape index (κ2) is 4.69. The molecule has 0 spiro atoms. The molecule has 0 amide bonds. The molecule has 1 aromatic rings. The Kier molecular flexibility index (Phi) is 3.55. The lowest BCUT2D eigenvalue weighted by Gasteiger charge is -2.03. The molecule has 0 aliphatic carbocycles. The predicted molar refractivity (Wildman–Crippen MR) is 54.4 cm³/mol. The normalized spacial score (nSPS) is 9.75. The van der Waals surface area contributed by atoms with Gasteiger partial charge in [0.2, 0.25) is 0 Å². The van der Waals surface area contributed by atoms with Crippen LogP contribution in [0.15, 0.2) is 6.20 Å². The van der Waals surface area contributed by atoms with Gasteiger partial charge in [-0.15, -0.1) is 0 Å². The van der Waals surface area contributed by atoms with Crippen LogP contribution < -0.4 is 4.84 Å². The lowest BCUT2D eigenvalue weighted by molar-refractivity contribution is 0.0556. The molecule has 0 saturated carbocycles. The topological polar surface area (TPSA) is 66.8 Å². The van der Waals surface area contributed by atoms with Gasteiger partial charge in [0.1, 0.15) is 7.11 Å². The van der Waals surface area contributed by atoms with Crippen molar-refractivity contribution in [2.45, 2.75) is 6.92 Å². The highest BCUT2D eigenvalue weighted by atomic mass is 16.6. The number of hydrogen-bond donors (Lipinski definition) is 0. The summed E-state index contributed by atoms with van der Waals surface area (Å²) < 4.78 is 10.5. The zero-order valence-corrected chi connectivity index (χ0v) is 9.57. The number of esters is 2. The number of methoxy groups -OCH3 is 2. The lowest BCUT2D eigenvalue weighted by atomic mass is 10.1. The number of nitrogens with zero attached hydrogens (tertiary/aromatic N) is 1. The highest BCUT2D eigenvalue weighted by molar-refractivity contribution is 6.04. The van der Waals surface area contributed by atoms with Crippen LogP contribution in [-0.4, -0.2) is 38.0 Å². The van der Waals surface area contributed by atoms with Crippen LogP contribution in [0.2, 0.25) is 0 Å². The number of carbonyl (C=O) groups is 2. The molecule has 0 atom stereocenters.